The molecule has 0 aliphatic carbocycles. The molecular formula is C66H57N3O6. The summed E-state index contributed by atoms with van der Waals surface area (Å²) in [5, 5.41) is 0. The number of hydrogen-bond acceptors (Lipinski definition) is 9. The van der Waals surface area contributed by atoms with Crippen molar-refractivity contribution in [2.24, 2.45) is 0 Å². The first kappa shape index (κ1) is 49.0. The first-order valence-electron chi connectivity index (χ1n) is 24.6. The second-order valence-electron chi connectivity index (χ2n) is 17.7. The molecule has 0 amide bonds. The normalized spacial score (nSPS) is 10.8. The Balaban J connectivity index is 1.08. The van der Waals surface area contributed by atoms with Crippen LogP contribution < -0.4 is 43.1 Å². The van der Waals surface area contributed by atoms with Crippen LogP contribution in [-0.2, 0) is 0 Å². The van der Waals surface area contributed by atoms with Crippen molar-refractivity contribution >= 4 is 51.2 Å². The van der Waals surface area contributed by atoms with Gasteiger partial charge in [-0.3, -0.25) is 0 Å². The molecule has 0 unspecified atom stereocenters. The quantitative estimate of drug-likeness (QED) is 0.0836. The van der Waals surface area contributed by atoms with E-state index in [1.54, 1.807) is 42.7 Å². The Labute approximate surface area is 439 Å². The van der Waals surface area contributed by atoms with Gasteiger partial charge in [-0.1, -0.05) is 72.8 Å². The maximum absolute atomic E-state index is 5.67. The molecule has 0 saturated carbocycles. The van der Waals surface area contributed by atoms with Crippen molar-refractivity contribution in [1.29, 1.82) is 0 Å². The zero-order chi connectivity index (χ0) is 51.7. The molecule has 0 aliphatic rings. The lowest BCUT2D eigenvalue weighted by molar-refractivity contribution is 0.414. The molecule has 0 heterocycles. The minimum atomic E-state index is 0.768. The molecule has 10 aromatic carbocycles. The second-order valence-corrected chi connectivity index (χ2v) is 17.7. The number of methoxy groups -OCH3 is 6. The van der Waals surface area contributed by atoms with Crippen molar-refractivity contribution in [2.45, 2.75) is 0 Å². The van der Waals surface area contributed by atoms with Gasteiger partial charge in [0.2, 0.25) is 0 Å². The second kappa shape index (κ2) is 22.4. The highest BCUT2D eigenvalue weighted by Crippen LogP contribution is 2.43. The summed E-state index contributed by atoms with van der Waals surface area (Å²) in [7, 11) is 10.1. The molecule has 9 nitrogen and oxygen atoms in total. The Bertz CT molecular complexity index is 3020. The molecule has 0 N–H and O–H groups in total. The number of nitrogens with zero attached hydrogens (tertiary/aromatic N) is 3. The minimum absolute atomic E-state index is 0.768. The molecule has 9 heteroatoms. The number of rotatable bonds is 18. The van der Waals surface area contributed by atoms with Crippen LogP contribution in [0.25, 0.3) is 33.4 Å². The third-order valence-corrected chi connectivity index (χ3v) is 13.2. The maximum Gasteiger partial charge on any atom is 0.120 e. The van der Waals surface area contributed by atoms with Crippen molar-refractivity contribution < 1.29 is 28.4 Å². The Morgan fingerprint density at radius 3 is 0.547 bits per heavy atom. The van der Waals surface area contributed by atoms with Gasteiger partial charge in [0.15, 0.2) is 0 Å². The summed E-state index contributed by atoms with van der Waals surface area (Å²) in [6.07, 6.45) is 0. The Morgan fingerprint density at radius 1 is 0.187 bits per heavy atom. The smallest absolute Gasteiger partial charge is 0.120 e. The van der Waals surface area contributed by atoms with Crippen molar-refractivity contribution in [1.82, 2.24) is 0 Å². The van der Waals surface area contributed by atoms with Crippen LogP contribution in [-0.4, -0.2) is 42.7 Å². The first-order valence-corrected chi connectivity index (χ1v) is 24.6. The molecule has 0 bridgehead atoms. The maximum atomic E-state index is 5.67. The molecule has 0 atom stereocenters. The van der Waals surface area contributed by atoms with Gasteiger partial charge in [-0.15, -0.1) is 0 Å². The molecule has 10 aromatic rings. The van der Waals surface area contributed by atoms with Gasteiger partial charge in [-0.25, -0.2) is 0 Å². The fourth-order valence-electron chi connectivity index (χ4n) is 9.38. The van der Waals surface area contributed by atoms with Gasteiger partial charge in [0.05, 0.1) is 42.7 Å². The van der Waals surface area contributed by atoms with Gasteiger partial charge >= 0.3 is 0 Å². The summed E-state index contributed by atoms with van der Waals surface area (Å²) >= 11 is 0. The predicted octanol–water partition coefficient (Wildman–Crippen LogP) is 17.1. The summed E-state index contributed by atoms with van der Waals surface area (Å²) in [6, 6.07) is 81.5. The highest BCUT2D eigenvalue weighted by Gasteiger charge is 2.19. The molecule has 0 radical (unpaired) electrons. The van der Waals surface area contributed by atoms with Crippen molar-refractivity contribution in [3.05, 3.63) is 237 Å². The van der Waals surface area contributed by atoms with Crippen LogP contribution in [0.1, 0.15) is 0 Å². The third-order valence-electron chi connectivity index (χ3n) is 13.2. The van der Waals surface area contributed by atoms with Crippen LogP contribution in [0.5, 0.6) is 34.5 Å². The molecule has 75 heavy (non-hydrogen) atoms. The van der Waals surface area contributed by atoms with Crippen LogP contribution in [0.4, 0.5) is 51.2 Å². The fraction of sp³-hybridized carbons (Fsp3) is 0.0909. The van der Waals surface area contributed by atoms with Gasteiger partial charge in [0.1, 0.15) is 34.5 Å². The lowest BCUT2D eigenvalue weighted by Crippen LogP contribution is -2.10. The Hall–Kier alpha value is -9.60. The van der Waals surface area contributed by atoms with Crippen molar-refractivity contribution in [3.63, 3.8) is 0 Å². The average molecular weight is 988 g/mol. The largest absolute Gasteiger partial charge is 0.497 e. The van der Waals surface area contributed by atoms with Gasteiger partial charge in [0.25, 0.3) is 0 Å². The van der Waals surface area contributed by atoms with E-state index in [4.69, 9.17) is 28.4 Å². The zero-order valence-electron chi connectivity index (χ0n) is 42.8. The lowest BCUT2D eigenvalue weighted by atomic mass is 9.93. The number of ether oxygens (including phenoxy) is 6. The standard InChI is InChI=1S/C66H57N3O6/c1-70-61-19-7-13-55(40-61)67(56-14-8-20-62(41-56)71-2)52-31-25-46(26-32-52)49-37-50(47-27-33-53(34-28-47)68(57-15-9-21-63(42-57)72-3)58-16-10-22-64(43-58)73-4)39-51(38-49)48-29-35-54(36-30-48)69(59-17-11-23-65(44-59)74-5)60-18-12-24-66(45-60)75-6/h7-45H,1-6H3. The summed E-state index contributed by atoms with van der Waals surface area (Å²) in [5.74, 6) is 4.61. The molecule has 0 aromatic heterocycles. The molecular weight excluding hydrogens is 931 g/mol. The van der Waals surface area contributed by atoms with Crippen LogP contribution in [0.3, 0.4) is 0 Å². The van der Waals surface area contributed by atoms with E-state index in [9.17, 15) is 0 Å². The highest BCUT2D eigenvalue weighted by atomic mass is 16.5. The molecule has 0 fully saturated rings. The van der Waals surface area contributed by atoms with E-state index < -0.39 is 0 Å². The van der Waals surface area contributed by atoms with E-state index in [1.807, 2.05) is 109 Å². The SMILES string of the molecule is COc1cccc(N(c2ccc(-c3cc(-c4ccc(N(c5cccc(OC)c5)c5cccc(OC)c5)cc4)cc(-c4ccc(N(c5cccc(OC)c5)c5cccc(OC)c5)cc4)c3)cc2)c2cccc(OC)c2)c1. The monoisotopic (exact) mass is 987 g/mol. The fourth-order valence-corrected chi connectivity index (χ4v) is 9.38. The van der Waals surface area contributed by atoms with E-state index >= 15 is 0 Å². The van der Waals surface area contributed by atoms with Crippen LogP contribution in [0.2, 0.25) is 0 Å². The van der Waals surface area contributed by atoms with Crippen LogP contribution in [0.15, 0.2) is 237 Å². The molecule has 0 saturated heterocycles. The number of benzene rings is 10. The topological polar surface area (TPSA) is 65.1 Å². The van der Waals surface area contributed by atoms with Gasteiger partial charge in [0, 0.05) is 87.6 Å². The Kier molecular flexibility index (Phi) is 14.7. The average Bonchev–Trinajstić information content (AvgIpc) is 3.48. The van der Waals surface area contributed by atoms with Gasteiger partial charge in [-0.2, -0.15) is 0 Å². The lowest BCUT2D eigenvalue weighted by Gasteiger charge is -2.26. The van der Waals surface area contributed by atoms with Crippen molar-refractivity contribution in [3.8, 4) is 67.9 Å². The van der Waals surface area contributed by atoms with E-state index in [1.165, 1.54) is 0 Å². The number of anilines is 9. The van der Waals surface area contributed by atoms with E-state index in [0.29, 0.717) is 0 Å². The first-order chi connectivity index (χ1) is 36.8. The highest BCUT2D eigenvalue weighted by molar-refractivity contribution is 5.86. The summed E-state index contributed by atoms with van der Waals surface area (Å²) in [6.45, 7) is 0. The molecule has 372 valence electrons. The third kappa shape index (κ3) is 10.8. The summed E-state index contributed by atoms with van der Waals surface area (Å²) in [5.41, 5.74) is 15.1. The molecule has 10 rings (SSSR count). The molecule has 0 aliphatic heterocycles. The summed E-state index contributed by atoms with van der Waals surface area (Å²) in [4.78, 5) is 6.63. The van der Waals surface area contributed by atoms with E-state index in [0.717, 1.165) is 119 Å². The van der Waals surface area contributed by atoms with Crippen LogP contribution >= 0.6 is 0 Å². The number of hydrogen-bond donors (Lipinski definition) is 0. The Morgan fingerprint density at radius 2 is 0.373 bits per heavy atom. The molecule has 0 spiro atoms. The zero-order valence-corrected chi connectivity index (χ0v) is 42.8. The van der Waals surface area contributed by atoms with E-state index in [2.05, 4.69) is 142 Å². The van der Waals surface area contributed by atoms with E-state index in [-0.39, 0.29) is 0 Å². The van der Waals surface area contributed by atoms with Crippen molar-refractivity contribution in [2.75, 3.05) is 57.4 Å². The van der Waals surface area contributed by atoms with Gasteiger partial charge in [-0.05, 0) is 161 Å². The van der Waals surface area contributed by atoms with Gasteiger partial charge < -0.3 is 43.1 Å². The predicted molar refractivity (Wildman–Crippen MR) is 306 cm³/mol. The van der Waals surface area contributed by atoms with Crippen LogP contribution in [0, 0.1) is 0 Å². The summed E-state index contributed by atoms with van der Waals surface area (Å²) < 4.78 is 34.0. The minimum Gasteiger partial charge on any atom is -0.497 e.